The van der Waals surface area contributed by atoms with Crippen LogP contribution in [0.2, 0.25) is 0 Å². The zero-order valence-corrected chi connectivity index (χ0v) is 17.3. The van der Waals surface area contributed by atoms with Gasteiger partial charge >= 0.3 is 0 Å². The Labute approximate surface area is 167 Å². The van der Waals surface area contributed by atoms with Gasteiger partial charge in [0.2, 0.25) is 5.91 Å². The van der Waals surface area contributed by atoms with E-state index < -0.39 is 21.5 Å². The quantitative estimate of drug-likeness (QED) is 0.227. The molecular formula is C14H16BrFN6O3S2. The fourth-order valence-electron chi connectivity index (χ4n) is 1.82. The molecule has 4 N–H and O–H groups in total. The highest BCUT2D eigenvalue weighted by atomic mass is 79.9. The molecule has 1 aromatic carbocycles. The van der Waals surface area contributed by atoms with Crippen LogP contribution in [0.5, 0.6) is 0 Å². The molecule has 13 heteroatoms. The van der Waals surface area contributed by atoms with Crippen LogP contribution in [0.1, 0.15) is 5.69 Å². The van der Waals surface area contributed by atoms with E-state index in [0.717, 1.165) is 0 Å². The molecule has 0 aliphatic heterocycles. The van der Waals surface area contributed by atoms with E-state index in [-0.39, 0.29) is 28.3 Å². The summed E-state index contributed by atoms with van der Waals surface area (Å²) in [5.41, 5.74) is 6.58. The number of benzene rings is 1. The van der Waals surface area contributed by atoms with Crippen molar-refractivity contribution in [2.24, 2.45) is 10.7 Å². The molecule has 0 saturated carbocycles. The molecule has 0 aliphatic rings. The molecule has 0 spiro atoms. The lowest BCUT2D eigenvalue weighted by atomic mass is 10.3. The molecule has 9 nitrogen and oxygen atoms in total. The fraction of sp³-hybridized carbons (Fsp3) is 0.286. The van der Waals surface area contributed by atoms with Crippen LogP contribution in [-0.4, -0.2) is 50.6 Å². The number of nitrogens with two attached hydrogens (primary N) is 1. The minimum Gasteiger partial charge on any atom is -0.382 e. The van der Waals surface area contributed by atoms with E-state index in [0.29, 0.717) is 16.5 Å². The number of carbonyl (C=O) groups excluding carboxylic acids is 1. The summed E-state index contributed by atoms with van der Waals surface area (Å²) in [6.45, 7) is 0.271. The first-order valence-electron chi connectivity index (χ1n) is 7.39. The molecule has 1 atom stereocenters. The molecule has 146 valence electrons. The van der Waals surface area contributed by atoms with Crippen LogP contribution < -0.4 is 11.1 Å². The van der Waals surface area contributed by atoms with Crippen LogP contribution in [0, 0.1) is 10.6 Å². The SMILES string of the molecule is CS(=N)(=O)CC(=O)NCCSc1nonc1C(N)=Nc1ccc(F)c(Br)c1. The molecule has 0 saturated heterocycles. The average molecular weight is 479 g/mol. The van der Waals surface area contributed by atoms with E-state index in [2.05, 4.69) is 36.6 Å². The summed E-state index contributed by atoms with van der Waals surface area (Å²) in [5, 5.41) is 10.4. The number of nitrogens with zero attached hydrogens (tertiary/aromatic N) is 3. The van der Waals surface area contributed by atoms with E-state index in [1.807, 2.05) is 0 Å². The Morgan fingerprint density at radius 2 is 2.26 bits per heavy atom. The number of amidine groups is 1. The highest BCUT2D eigenvalue weighted by Gasteiger charge is 2.15. The van der Waals surface area contributed by atoms with Crippen LogP contribution in [0.3, 0.4) is 0 Å². The van der Waals surface area contributed by atoms with Gasteiger partial charge in [-0.3, -0.25) is 9.57 Å². The van der Waals surface area contributed by atoms with Gasteiger partial charge in [-0.15, -0.1) is 0 Å². The molecule has 0 radical (unpaired) electrons. The number of rotatable bonds is 8. The van der Waals surface area contributed by atoms with Gasteiger partial charge in [0.1, 0.15) is 11.6 Å². The smallest absolute Gasteiger partial charge is 0.233 e. The number of amides is 1. The molecule has 0 aliphatic carbocycles. The molecular weight excluding hydrogens is 463 g/mol. The second-order valence-electron chi connectivity index (χ2n) is 5.36. The number of nitrogens with one attached hydrogen (secondary N) is 2. The Bertz CT molecular complexity index is 964. The largest absolute Gasteiger partial charge is 0.382 e. The third-order valence-corrected chi connectivity index (χ3v) is 5.29. The van der Waals surface area contributed by atoms with Gasteiger partial charge in [0.25, 0.3) is 0 Å². The highest BCUT2D eigenvalue weighted by Crippen LogP contribution is 2.24. The molecule has 1 unspecified atom stereocenters. The summed E-state index contributed by atoms with van der Waals surface area (Å²) in [6.07, 6.45) is 1.20. The predicted molar refractivity (Wildman–Crippen MR) is 104 cm³/mol. The summed E-state index contributed by atoms with van der Waals surface area (Å²) in [5.74, 6) is -0.758. The second kappa shape index (κ2) is 9.28. The number of aliphatic imine (C=N–C) groups is 1. The van der Waals surface area contributed by atoms with Crippen molar-refractivity contribution in [3.63, 3.8) is 0 Å². The standard InChI is InChI=1S/C14H16BrFN6O3S2/c1-27(18,24)7-11(23)19-4-5-26-14-12(21-25-22-14)13(17)20-8-2-3-10(16)9(15)6-8/h2-3,6,18H,4-5,7H2,1H3,(H2,17,20)(H,19,23). The van der Waals surface area contributed by atoms with Gasteiger partial charge in [-0.25, -0.2) is 18.2 Å². The van der Waals surface area contributed by atoms with Crippen LogP contribution in [0.4, 0.5) is 10.1 Å². The molecule has 0 fully saturated rings. The fourth-order valence-corrected chi connectivity index (χ4v) is 3.55. The number of thioether (sulfide) groups is 1. The van der Waals surface area contributed by atoms with Gasteiger partial charge in [0, 0.05) is 18.6 Å². The van der Waals surface area contributed by atoms with Crippen molar-refractivity contribution in [2.45, 2.75) is 5.03 Å². The number of halogens is 2. The van der Waals surface area contributed by atoms with Crippen molar-refractivity contribution in [2.75, 3.05) is 24.3 Å². The van der Waals surface area contributed by atoms with Crippen molar-refractivity contribution in [3.8, 4) is 0 Å². The molecule has 1 heterocycles. The third kappa shape index (κ3) is 6.92. The molecule has 1 amide bonds. The first-order valence-corrected chi connectivity index (χ1v) is 11.3. The summed E-state index contributed by atoms with van der Waals surface area (Å²) < 4.78 is 36.7. The van der Waals surface area contributed by atoms with Gasteiger partial charge in [-0.05, 0) is 44.4 Å². The lowest BCUT2D eigenvalue weighted by molar-refractivity contribution is -0.118. The van der Waals surface area contributed by atoms with E-state index in [9.17, 15) is 13.4 Å². The average Bonchev–Trinajstić information content (AvgIpc) is 3.02. The monoisotopic (exact) mass is 478 g/mol. The number of aromatic nitrogens is 2. The summed E-state index contributed by atoms with van der Waals surface area (Å²) in [4.78, 5) is 15.7. The summed E-state index contributed by atoms with van der Waals surface area (Å²) >= 11 is 4.30. The Balaban J connectivity index is 1.95. The zero-order chi connectivity index (χ0) is 20.0. The molecule has 1 aromatic heterocycles. The van der Waals surface area contributed by atoms with Crippen LogP contribution >= 0.6 is 27.7 Å². The van der Waals surface area contributed by atoms with Crippen molar-refractivity contribution in [1.82, 2.24) is 15.6 Å². The summed E-state index contributed by atoms with van der Waals surface area (Å²) in [7, 11) is -2.87. The molecule has 2 aromatic rings. The third-order valence-electron chi connectivity index (χ3n) is 2.92. The maximum absolute atomic E-state index is 13.3. The van der Waals surface area contributed by atoms with Gasteiger partial charge in [0.05, 0.1) is 19.9 Å². The van der Waals surface area contributed by atoms with Crippen LogP contribution in [0.25, 0.3) is 0 Å². The van der Waals surface area contributed by atoms with Crippen molar-refractivity contribution in [3.05, 3.63) is 34.2 Å². The van der Waals surface area contributed by atoms with Gasteiger partial charge in [0.15, 0.2) is 16.6 Å². The number of carbonyl (C=O) groups is 1. The van der Waals surface area contributed by atoms with Gasteiger partial charge < -0.3 is 11.1 Å². The topological polar surface area (TPSA) is 147 Å². The minimum absolute atomic E-state index is 0.0428. The predicted octanol–water partition coefficient (Wildman–Crippen LogP) is 1.89. The van der Waals surface area contributed by atoms with Crippen molar-refractivity contribution >= 4 is 54.9 Å². The normalized spacial score (nSPS) is 14.0. The second-order valence-corrected chi connectivity index (χ2v) is 9.60. The molecule has 27 heavy (non-hydrogen) atoms. The van der Waals surface area contributed by atoms with Gasteiger partial charge in [-0.2, -0.15) is 0 Å². The lowest BCUT2D eigenvalue weighted by Crippen LogP contribution is -2.31. The Kier molecular flexibility index (Phi) is 7.33. The maximum Gasteiger partial charge on any atom is 0.233 e. The Hall–Kier alpha value is -1.99. The number of hydrogen-bond donors (Lipinski definition) is 3. The number of hydrogen-bond acceptors (Lipinski definition) is 8. The van der Waals surface area contributed by atoms with Gasteiger partial charge in [-0.1, -0.05) is 11.8 Å². The van der Waals surface area contributed by atoms with Crippen LogP contribution in [-0.2, 0) is 14.5 Å². The summed E-state index contributed by atoms with van der Waals surface area (Å²) in [6, 6.07) is 4.18. The zero-order valence-electron chi connectivity index (χ0n) is 14.1. The molecule has 2 rings (SSSR count). The van der Waals surface area contributed by atoms with E-state index in [1.165, 1.54) is 36.2 Å². The Morgan fingerprint density at radius 3 is 2.93 bits per heavy atom. The Morgan fingerprint density at radius 1 is 1.52 bits per heavy atom. The van der Waals surface area contributed by atoms with Crippen LogP contribution in [0.15, 0.2) is 37.3 Å². The van der Waals surface area contributed by atoms with E-state index in [1.54, 1.807) is 0 Å². The van der Waals surface area contributed by atoms with Crippen molar-refractivity contribution in [1.29, 1.82) is 4.78 Å². The first-order chi connectivity index (χ1) is 12.7. The molecule has 0 bridgehead atoms. The minimum atomic E-state index is -2.87. The lowest BCUT2D eigenvalue weighted by Gasteiger charge is -2.04. The maximum atomic E-state index is 13.3. The highest BCUT2D eigenvalue weighted by molar-refractivity contribution is 9.10. The van der Waals surface area contributed by atoms with Crippen molar-refractivity contribution < 1.29 is 18.0 Å². The first kappa shape index (κ1) is 21.3. The van der Waals surface area contributed by atoms with E-state index >= 15 is 0 Å². The van der Waals surface area contributed by atoms with E-state index in [4.69, 9.17) is 15.1 Å².